The van der Waals surface area contributed by atoms with Crippen LogP contribution < -0.4 is 10.6 Å². The minimum Gasteiger partial charge on any atom is -0.354 e. The molecule has 1 amide bonds. The highest BCUT2D eigenvalue weighted by Gasteiger charge is 2.24. The van der Waals surface area contributed by atoms with Gasteiger partial charge in [-0.2, -0.15) is 0 Å². The van der Waals surface area contributed by atoms with Crippen LogP contribution >= 0.6 is 0 Å². The van der Waals surface area contributed by atoms with E-state index in [0.29, 0.717) is 6.54 Å². The summed E-state index contributed by atoms with van der Waals surface area (Å²) in [5, 5.41) is 5.88. The van der Waals surface area contributed by atoms with Crippen LogP contribution in [0.2, 0.25) is 0 Å². The van der Waals surface area contributed by atoms with Gasteiger partial charge in [0.15, 0.2) is 0 Å². The van der Waals surface area contributed by atoms with Crippen molar-refractivity contribution in [2.75, 3.05) is 19.8 Å². The standard InChI is InChI=1S/C10H22N2O2S/c1-8(15(5)14)6-7-12-9(13)10(2,3)11-4/h8,11H,6-7H2,1-5H3,(H,12,13). The van der Waals surface area contributed by atoms with Gasteiger partial charge < -0.3 is 10.6 Å². The number of carbonyl (C=O) groups is 1. The Kier molecular flexibility index (Phi) is 6.05. The quantitative estimate of drug-likeness (QED) is 0.693. The molecule has 15 heavy (non-hydrogen) atoms. The topological polar surface area (TPSA) is 58.2 Å². The first-order chi connectivity index (χ1) is 6.81. The van der Waals surface area contributed by atoms with Gasteiger partial charge in [-0.1, -0.05) is 6.92 Å². The van der Waals surface area contributed by atoms with Gasteiger partial charge in [0.25, 0.3) is 0 Å². The monoisotopic (exact) mass is 234 g/mol. The smallest absolute Gasteiger partial charge is 0.239 e. The van der Waals surface area contributed by atoms with E-state index in [0.717, 1.165) is 6.42 Å². The van der Waals surface area contributed by atoms with Crippen LogP contribution in [0.4, 0.5) is 0 Å². The van der Waals surface area contributed by atoms with Crippen LogP contribution in [-0.4, -0.2) is 40.8 Å². The van der Waals surface area contributed by atoms with Gasteiger partial charge in [0, 0.05) is 28.9 Å². The summed E-state index contributed by atoms with van der Waals surface area (Å²) in [4.78, 5) is 11.6. The van der Waals surface area contributed by atoms with Crippen molar-refractivity contribution in [3.63, 3.8) is 0 Å². The molecule has 5 heteroatoms. The Morgan fingerprint density at radius 3 is 2.40 bits per heavy atom. The molecule has 0 aromatic heterocycles. The van der Waals surface area contributed by atoms with Crippen molar-refractivity contribution in [2.45, 2.75) is 38.0 Å². The molecular weight excluding hydrogens is 212 g/mol. The van der Waals surface area contributed by atoms with E-state index in [4.69, 9.17) is 0 Å². The lowest BCUT2D eigenvalue weighted by Crippen LogP contribution is -2.51. The Bertz CT molecular complexity index is 242. The first kappa shape index (κ1) is 14.6. The molecule has 0 saturated carbocycles. The van der Waals surface area contributed by atoms with Crippen molar-refractivity contribution in [3.05, 3.63) is 0 Å². The zero-order valence-corrected chi connectivity index (χ0v) is 11.0. The van der Waals surface area contributed by atoms with Gasteiger partial charge in [0.2, 0.25) is 5.91 Å². The maximum Gasteiger partial charge on any atom is 0.239 e. The van der Waals surface area contributed by atoms with Crippen LogP contribution in [0.1, 0.15) is 27.2 Å². The molecule has 90 valence electrons. The SMILES string of the molecule is CNC(C)(C)C(=O)NCCC(C)S(C)=O. The van der Waals surface area contributed by atoms with Gasteiger partial charge in [0.05, 0.1) is 5.54 Å². The number of likely N-dealkylation sites (N-methyl/N-ethyl adjacent to an activating group) is 1. The maximum absolute atomic E-state index is 11.6. The zero-order chi connectivity index (χ0) is 12.1. The van der Waals surface area contributed by atoms with Crippen LogP contribution in [0.15, 0.2) is 0 Å². The second-order valence-electron chi connectivity index (χ2n) is 4.23. The van der Waals surface area contributed by atoms with Gasteiger partial charge in [-0.3, -0.25) is 9.00 Å². The summed E-state index contributed by atoms with van der Waals surface area (Å²) in [5.41, 5.74) is -0.547. The van der Waals surface area contributed by atoms with Gasteiger partial charge in [0.1, 0.15) is 0 Å². The van der Waals surface area contributed by atoms with Crippen molar-refractivity contribution in [3.8, 4) is 0 Å². The zero-order valence-electron chi connectivity index (χ0n) is 10.2. The maximum atomic E-state index is 11.6. The fourth-order valence-electron chi connectivity index (χ4n) is 0.889. The van der Waals surface area contributed by atoms with Gasteiger partial charge in [-0.05, 0) is 27.3 Å². The third kappa shape index (κ3) is 5.28. The molecule has 0 heterocycles. The number of amides is 1. The first-order valence-electron chi connectivity index (χ1n) is 5.10. The van der Waals surface area contributed by atoms with Crippen molar-refractivity contribution in [2.24, 2.45) is 0 Å². The van der Waals surface area contributed by atoms with E-state index in [1.807, 2.05) is 20.8 Å². The van der Waals surface area contributed by atoms with Crippen LogP contribution in [-0.2, 0) is 15.6 Å². The molecule has 0 spiro atoms. The van der Waals surface area contributed by atoms with Gasteiger partial charge >= 0.3 is 0 Å². The van der Waals surface area contributed by atoms with E-state index in [9.17, 15) is 9.00 Å². The Morgan fingerprint density at radius 2 is 2.00 bits per heavy atom. The van der Waals surface area contributed by atoms with E-state index in [1.165, 1.54) is 0 Å². The summed E-state index contributed by atoms with van der Waals surface area (Å²) in [6.07, 6.45) is 2.43. The third-order valence-electron chi connectivity index (χ3n) is 2.60. The fourth-order valence-corrected chi connectivity index (χ4v) is 1.34. The molecule has 0 aliphatic heterocycles. The normalized spacial score (nSPS) is 15.8. The molecular formula is C10H22N2O2S. The van der Waals surface area contributed by atoms with Crippen LogP contribution in [0.5, 0.6) is 0 Å². The average molecular weight is 234 g/mol. The van der Waals surface area contributed by atoms with Gasteiger partial charge in [-0.25, -0.2) is 0 Å². The Labute approximate surface area is 94.7 Å². The van der Waals surface area contributed by atoms with E-state index in [-0.39, 0.29) is 11.2 Å². The molecule has 0 fully saturated rings. The van der Waals surface area contributed by atoms with Crippen LogP contribution in [0, 0.1) is 0 Å². The predicted molar refractivity (Wildman–Crippen MR) is 64.3 cm³/mol. The Hall–Kier alpha value is -0.420. The highest BCUT2D eigenvalue weighted by atomic mass is 32.2. The summed E-state index contributed by atoms with van der Waals surface area (Å²) >= 11 is 0. The van der Waals surface area contributed by atoms with Crippen molar-refractivity contribution < 1.29 is 9.00 Å². The Morgan fingerprint density at radius 1 is 1.47 bits per heavy atom. The number of hydrogen-bond donors (Lipinski definition) is 2. The second-order valence-corrected chi connectivity index (χ2v) is 6.03. The number of hydrogen-bond acceptors (Lipinski definition) is 3. The van der Waals surface area contributed by atoms with E-state index >= 15 is 0 Å². The summed E-state index contributed by atoms with van der Waals surface area (Å²) < 4.78 is 11.1. The van der Waals surface area contributed by atoms with E-state index in [1.54, 1.807) is 13.3 Å². The second kappa shape index (κ2) is 6.23. The number of carbonyl (C=O) groups excluding carboxylic acids is 1. The van der Waals surface area contributed by atoms with Crippen LogP contribution in [0.25, 0.3) is 0 Å². The lowest BCUT2D eigenvalue weighted by Gasteiger charge is -2.23. The fraction of sp³-hybridized carbons (Fsp3) is 0.900. The average Bonchev–Trinajstić information content (AvgIpc) is 2.17. The molecule has 0 bridgehead atoms. The molecule has 2 atom stereocenters. The molecule has 2 unspecified atom stereocenters. The first-order valence-corrected chi connectivity index (χ1v) is 6.73. The van der Waals surface area contributed by atoms with E-state index < -0.39 is 16.3 Å². The Balaban J connectivity index is 3.88. The summed E-state index contributed by atoms with van der Waals surface area (Å²) in [6.45, 7) is 6.14. The summed E-state index contributed by atoms with van der Waals surface area (Å²) in [5.74, 6) is -0.0286. The lowest BCUT2D eigenvalue weighted by molar-refractivity contribution is -0.126. The van der Waals surface area contributed by atoms with Crippen molar-refractivity contribution in [1.82, 2.24) is 10.6 Å². The molecule has 2 N–H and O–H groups in total. The molecule has 0 radical (unpaired) electrons. The molecule has 0 aromatic rings. The number of nitrogens with one attached hydrogen (secondary N) is 2. The highest BCUT2D eigenvalue weighted by molar-refractivity contribution is 7.84. The van der Waals surface area contributed by atoms with Crippen molar-refractivity contribution in [1.29, 1.82) is 0 Å². The molecule has 0 aliphatic carbocycles. The van der Waals surface area contributed by atoms with E-state index in [2.05, 4.69) is 10.6 Å². The molecule has 0 rings (SSSR count). The summed E-state index contributed by atoms with van der Waals surface area (Å²) in [7, 11) is 0.938. The lowest BCUT2D eigenvalue weighted by atomic mass is 10.1. The van der Waals surface area contributed by atoms with Crippen molar-refractivity contribution >= 4 is 16.7 Å². The predicted octanol–water partition coefficient (Wildman–Crippen LogP) is 0.258. The minimum absolute atomic E-state index is 0.0286. The molecule has 4 nitrogen and oxygen atoms in total. The third-order valence-corrected chi connectivity index (χ3v) is 3.96. The minimum atomic E-state index is -0.815. The number of rotatable bonds is 6. The molecule has 0 saturated heterocycles. The van der Waals surface area contributed by atoms with Crippen LogP contribution in [0.3, 0.4) is 0 Å². The summed E-state index contributed by atoms with van der Waals surface area (Å²) in [6, 6.07) is 0. The van der Waals surface area contributed by atoms with Gasteiger partial charge in [-0.15, -0.1) is 0 Å². The molecule has 0 aliphatic rings. The highest BCUT2D eigenvalue weighted by Crippen LogP contribution is 2.01. The largest absolute Gasteiger partial charge is 0.354 e. The molecule has 0 aromatic carbocycles.